The highest BCUT2D eigenvalue weighted by molar-refractivity contribution is 4.92. The van der Waals surface area contributed by atoms with Gasteiger partial charge in [0.2, 0.25) is 0 Å². The van der Waals surface area contributed by atoms with Gasteiger partial charge in [-0.1, -0.05) is 19.4 Å². The van der Waals surface area contributed by atoms with Crippen molar-refractivity contribution in [2.75, 3.05) is 0 Å². The van der Waals surface area contributed by atoms with Gasteiger partial charge < -0.3 is 5.73 Å². The van der Waals surface area contributed by atoms with Crippen molar-refractivity contribution in [1.82, 2.24) is 0 Å². The molecule has 0 radical (unpaired) electrons. The molecule has 0 aliphatic carbocycles. The van der Waals surface area contributed by atoms with E-state index in [0.717, 1.165) is 18.5 Å². The van der Waals surface area contributed by atoms with Crippen LogP contribution in [0.25, 0.3) is 0 Å². The maximum atomic E-state index is 5.44. The van der Waals surface area contributed by atoms with Crippen molar-refractivity contribution >= 4 is 0 Å². The number of hydrogen-bond donors (Lipinski definition) is 1. The van der Waals surface area contributed by atoms with Crippen molar-refractivity contribution in [2.24, 2.45) is 5.73 Å². The van der Waals surface area contributed by atoms with E-state index in [-0.39, 0.29) is 0 Å². The summed E-state index contributed by atoms with van der Waals surface area (Å²) >= 11 is 0. The summed E-state index contributed by atoms with van der Waals surface area (Å²) in [5.74, 6) is 0. The fourth-order valence-corrected chi connectivity index (χ4v) is 0.433. The largest absolute Gasteiger partial charge is 0.402 e. The monoisotopic (exact) mass is 99.1 g/mol. The lowest BCUT2D eigenvalue weighted by molar-refractivity contribution is 0.890. The molecular weight excluding hydrogens is 86.1 g/mol. The van der Waals surface area contributed by atoms with E-state index in [1.165, 1.54) is 0 Å². The number of allylic oxidation sites excluding steroid dienone is 2. The van der Waals surface area contributed by atoms with E-state index >= 15 is 0 Å². The van der Waals surface area contributed by atoms with Crippen molar-refractivity contribution in [3.05, 3.63) is 11.8 Å². The molecule has 0 aromatic heterocycles. The summed E-state index contributed by atoms with van der Waals surface area (Å²) in [5, 5.41) is 0. The van der Waals surface area contributed by atoms with Crippen LogP contribution in [-0.2, 0) is 0 Å². The molecule has 0 aliphatic rings. The van der Waals surface area contributed by atoms with Gasteiger partial charge in [0.05, 0.1) is 0 Å². The Balaban J connectivity index is 3.17. The standard InChI is InChI=1S/C6H13N/c1-3-5-6(7)4-2/h4H,3,5,7H2,1-2H3. The minimum atomic E-state index is 1.00. The average molecular weight is 99.2 g/mol. The molecule has 0 aliphatic heterocycles. The van der Waals surface area contributed by atoms with E-state index in [9.17, 15) is 0 Å². The quantitative estimate of drug-likeness (QED) is 0.559. The first-order chi connectivity index (χ1) is 3.31. The summed E-state index contributed by atoms with van der Waals surface area (Å²) < 4.78 is 0. The van der Waals surface area contributed by atoms with E-state index in [2.05, 4.69) is 6.92 Å². The van der Waals surface area contributed by atoms with E-state index in [4.69, 9.17) is 5.73 Å². The molecule has 0 spiro atoms. The van der Waals surface area contributed by atoms with Gasteiger partial charge in [-0.2, -0.15) is 0 Å². The van der Waals surface area contributed by atoms with Crippen LogP contribution in [0.2, 0.25) is 0 Å². The summed E-state index contributed by atoms with van der Waals surface area (Å²) in [7, 11) is 0. The second-order valence-corrected chi connectivity index (χ2v) is 1.61. The fourth-order valence-electron chi connectivity index (χ4n) is 0.433. The van der Waals surface area contributed by atoms with Crippen LogP contribution in [0.1, 0.15) is 26.7 Å². The van der Waals surface area contributed by atoms with Crippen LogP contribution in [0.4, 0.5) is 0 Å². The molecule has 0 heterocycles. The molecule has 0 amide bonds. The Kier molecular flexibility index (Phi) is 3.48. The SMILES string of the molecule is CC=C(N)CCC. The minimum Gasteiger partial charge on any atom is -0.402 e. The third kappa shape index (κ3) is 3.37. The molecule has 1 nitrogen and oxygen atoms in total. The summed E-state index contributed by atoms with van der Waals surface area (Å²) in [6.07, 6.45) is 4.14. The molecule has 0 aromatic carbocycles. The maximum absolute atomic E-state index is 5.44. The Morgan fingerprint density at radius 1 is 1.71 bits per heavy atom. The highest BCUT2D eigenvalue weighted by atomic mass is 14.6. The molecule has 2 N–H and O–H groups in total. The predicted molar refractivity (Wildman–Crippen MR) is 32.9 cm³/mol. The lowest BCUT2D eigenvalue weighted by Gasteiger charge is -1.91. The Morgan fingerprint density at radius 2 is 2.29 bits per heavy atom. The highest BCUT2D eigenvalue weighted by Gasteiger charge is 1.80. The summed E-state index contributed by atoms with van der Waals surface area (Å²) in [5.41, 5.74) is 6.45. The molecule has 0 bridgehead atoms. The highest BCUT2D eigenvalue weighted by Crippen LogP contribution is 1.93. The van der Waals surface area contributed by atoms with Gasteiger partial charge in [-0.25, -0.2) is 0 Å². The second-order valence-electron chi connectivity index (χ2n) is 1.61. The minimum absolute atomic E-state index is 1.00. The van der Waals surface area contributed by atoms with Crippen LogP contribution in [0.5, 0.6) is 0 Å². The number of hydrogen-bond acceptors (Lipinski definition) is 1. The Bertz CT molecular complexity index is 64.6. The van der Waals surface area contributed by atoms with Crippen LogP contribution < -0.4 is 5.73 Å². The predicted octanol–water partition coefficient (Wildman–Crippen LogP) is 1.65. The maximum Gasteiger partial charge on any atom is 0.00370 e. The Morgan fingerprint density at radius 3 is 2.43 bits per heavy atom. The molecule has 0 unspecified atom stereocenters. The van der Waals surface area contributed by atoms with Crippen molar-refractivity contribution in [3.63, 3.8) is 0 Å². The zero-order chi connectivity index (χ0) is 5.70. The van der Waals surface area contributed by atoms with Gasteiger partial charge in [0.1, 0.15) is 0 Å². The first-order valence-electron chi connectivity index (χ1n) is 2.72. The molecule has 0 rings (SSSR count). The average Bonchev–Trinajstić information content (AvgIpc) is 1.68. The first-order valence-corrected chi connectivity index (χ1v) is 2.72. The molecule has 42 valence electrons. The van der Waals surface area contributed by atoms with Crippen LogP contribution in [-0.4, -0.2) is 0 Å². The van der Waals surface area contributed by atoms with Gasteiger partial charge >= 0.3 is 0 Å². The van der Waals surface area contributed by atoms with Crippen molar-refractivity contribution < 1.29 is 0 Å². The van der Waals surface area contributed by atoms with Gasteiger partial charge in [-0.15, -0.1) is 0 Å². The molecule has 0 saturated carbocycles. The van der Waals surface area contributed by atoms with Gasteiger partial charge in [0, 0.05) is 5.70 Å². The Hall–Kier alpha value is -0.460. The Labute approximate surface area is 45.2 Å². The summed E-state index contributed by atoms with van der Waals surface area (Å²) in [4.78, 5) is 0. The lowest BCUT2D eigenvalue weighted by atomic mass is 10.2. The van der Waals surface area contributed by atoms with E-state index in [0.29, 0.717) is 0 Å². The van der Waals surface area contributed by atoms with Crippen molar-refractivity contribution in [3.8, 4) is 0 Å². The summed E-state index contributed by atoms with van der Waals surface area (Å²) in [6, 6.07) is 0. The third-order valence-electron chi connectivity index (χ3n) is 0.909. The number of nitrogens with two attached hydrogens (primary N) is 1. The summed E-state index contributed by atoms with van der Waals surface area (Å²) in [6.45, 7) is 4.08. The van der Waals surface area contributed by atoms with Crippen LogP contribution in [0, 0.1) is 0 Å². The molecular formula is C6H13N. The van der Waals surface area contributed by atoms with Gasteiger partial charge in [0.15, 0.2) is 0 Å². The molecule has 0 fully saturated rings. The molecule has 0 saturated heterocycles. The zero-order valence-electron chi connectivity index (χ0n) is 5.07. The third-order valence-corrected chi connectivity index (χ3v) is 0.909. The fraction of sp³-hybridized carbons (Fsp3) is 0.667. The molecule has 7 heavy (non-hydrogen) atoms. The first kappa shape index (κ1) is 6.54. The van der Waals surface area contributed by atoms with Crippen molar-refractivity contribution in [2.45, 2.75) is 26.7 Å². The molecule has 0 aromatic rings. The van der Waals surface area contributed by atoms with E-state index in [1.807, 2.05) is 13.0 Å². The van der Waals surface area contributed by atoms with E-state index < -0.39 is 0 Å². The lowest BCUT2D eigenvalue weighted by Crippen LogP contribution is -1.93. The molecule has 0 atom stereocenters. The van der Waals surface area contributed by atoms with Gasteiger partial charge in [-0.3, -0.25) is 0 Å². The number of rotatable bonds is 2. The van der Waals surface area contributed by atoms with Crippen molar-refractivity contribution in [1.29, 1.82) is 0 Å². The van der Waals surface area contributed by atoms with Crippen LogP contribution in [0.3, 0.4) is 0 Å². The second kappa shape index (κ2) is 3.72. The van der Waals surface area contributed by atoms with E-state index in [1.54, 1.807) is 0 Å². The van der Waals surface area contributed by atoms with Gasteiger partial charge in [-0.05, 0) is 13.3 Å². The van der Waals surface area contributed by atoms with Gasteiger partial charge in [0.25, 0.3) is 0 Å². The topological polar surface area (TPSA) is 26.0 Å². The van der Waals surface area contributed by atoms with Crippen LogP contribution >= 0.6 is 0 Å². The van der Waals surface area contributed by atoms with Crippen LogP contribution in [0.15, 0.2) is 11.8 Å². The normalized spacial score (nSPS) is 12.0. The molecule has 1 heteroatoms. The zero-order valence-corrected chi connectivity index (χ0v) is 5.07. The smallest absolute Gasteiger partial charge is 0.00370 e.